The molecule has 0 radical (unpaired) electrons. The summed E-state index contributed by atoms with van der Waals surface area (Å²) in [4.78, 5) is 14.6. The van der Waals surface area contributed by atoms with E-state index in [4.69, 9.17) is 4.74 Å². The highest BCUT2D eigenvalue weighted by atomic mass is 79.9. The molecule has 1 atom stereocenters. The fourth-order valence-corrected chi connectivity index (χ4v) is 4.71. The highest BCUT2D eigenvalue weighted by Gasteiger charge is 2.26. The van der Waals surface area contributed by atoms with Gasteiger partial charge in [0.25, 0.3) is 6.43 Å². The summed E-state index contributed by atoms with van der Waals surface area (Å²) in [6.45, 7) is 4.26. The smallest absolute Gasteiger partial charge is 0.406 e. The van der Waals surface area contributed by atoms with Crippen molar-refractivity contribution in [2.45, 2.75) is 52.2 Å². The summed E-state index contributed by atoms with van der Waals surface area (Å²) in [6, 6.07) is 6.53. The van der Waals surface area contributed by atoms with E-state index in [9.17, 15) is 23.3 Å². The van der Waals surface area contributed by atoms with Gasteiger partial charge in [-0.05, 0) is 88.3 Å². The third kappa shape index (κ3) is 5.97. The molecule has 5 rings (SSSR count). The van der Waals surface area contributed by atoms with E-state index < -0.39 is 34.8 Å². The van der Waals surface area contributed by atoms with E-state index in [-0.39, 0.29) is 17.7 Å². The first-order chi connectivity index (χ1) is 18.6. The van der Waals surface area contributed by atoms with Gasteiger partial charge in [-0.2, -0.15) is 10.2 Å². The molecule has 39 heavy (non-hydrogen) atoms. The number of halogens is 4. The number of ether oxygens (including phenoxy) is 1. The number of hydrogen-bond donors (Lipinski definition) is 0. The second kappa shape index (κ2) is 10.8. The molecule has 1 unspecified atom stereocenters. The summed E-state index contributed by atoms with van der Waals surface area (Å²) in [5.74, 6) is -0.620. The van der Waals surface area contributed by atoms with Crippen molar-refractivity contribution in [3.63, 3.8) is 0 Å². The standard InChI is InChI=1S/C26H24BrF3N6O3/c1-14-17(13-34(32-14)12-16-3-4-16)7-20-10-22(25(29)30)33-35(20)23-6-5-19(28)9-21(23)15(2)39-24-8-18(27)11-31-26(24)36(37)38/h5-6,8-11,13,15-16,25H,3-4,7,12H2,1-2H3. The van der Waals surface area contributed by atoms with E-state index in [0.29, 0.717) is 21.8 Å². The van der Waals surface area contributed by atoms with E-state index in [1.54, 1.807) is 6.92 Å². The van der Waals surface area contributed by atoms with Crippen molar-refractivity contribution in [1.29, 1.82) is 0 Å². The van der Waals surface area contributed by atoms with Crippen molar-refractivity contribution in [2.75, 3.05) is 0 Å². The summed E-state index contributed by atoms with van der Waals surface area (Å²) in [5.41, 5.74) is 2.24. The molecular formula is C26H24BrF3N6O3. The minimum atomic E-state index is -2.82. The lowest BCUT2D eigenvalue weighted by atomic mass is 10.1. The molecule has 3 aromatic heterocycles. The maximum atomic E-state index is 14.4. The monoisotopic (exact) mass is 604 g/mol. The molecule has 204 valence electrons. The Morgan fingerprint density at radius 1 is 1.23 bits per heavy atom. The van der Waals surface area contributed by atoms with Gasteiger partial charge in [0.15, 0.2) is 6.20 Å². The van der Waals surface area contributed by atoms with Crippen LogP contribution in [0.4, 0.5) is 19.0 Å². The second-order valence-electron chi connectivity index (χ2n) is 9.55. The zero-order chi connectivity index (χ0) is 27.8. The third-order valence-corrected chi connectivity index (χ3v) is 6.95. The summed E-state index contributed by atoms with van der Waals surface area (Å²) in [7, 11) is 0. The number of benzene rings is 1. The number of alkyl halides is 2. The maximum absolute atomic E-state index is 14.4. The Morgan fingerprint density at radius 3 is 2.69 bits per heavy atom. The van der Waals surface area contributed by atoms with Crippen LogP contribution in [0.5, 0.6) is 5.75 Å². The van der Waals surface area contributed by atoms with Gasteiger partial charge in [0.05, 0.1) is 15.9 Å². The highest BCUT2D eigenvalue weighted by Crippen LogP contribution is 2.35. The molecule has 0 N–H and O–H groups in total. The van der Waals surface area contributed by atoms with Gasteiger partial charge in [-0.3, -0.25) is 4.68 Å². The first-order valence-electron chi connectivity index (χ1n) is 12.3. The van der Waals surface area contributed by atoms with Crippen LogP contribution in [0.15, 0.2) is 47.2 Å². The Labute approximate surface area is 229 Å². The number of rotatable bonds is 10. The van der Waals surface area contributed by atoms with Crippen LogP contribution in [0, 0.1) is 28.8 Å². The van der Waals surface area contributed by atoms with Gasteiger partial charge >= 0.3 is 5.82 Å². The average Bonchev–Trinajstić information content (AvgIpc) is 3.48. The van der Waals surface area contributed by atoms with Crippen molar-refractivity contribution < 1.29 is 22.8 Å². The molecular weight excluding hydrogens is 581 g/mol. The number of nitro groups is 1. The SMILES string of the molecule is Cc1nn(CC2CC2)cc1Cc1cc(C(F)F)nn1-c1ccc(F)cc1C(C)Oc1cc(Br)cnc1[N+](=O)[O-]. The zero-order valence-corrected chi connectivity index (χ0v) is 22.6. The Balaban J connectivity index is 1.53. The van der Waals surface area contributed by atoms with Crippen molar-refractivity contribution in [2.24, 2.45) is 5.92 Å². The fourth-order valence-electron chi connectivity index (χ4n) is 4.40. The molecule has 0 amide bonds. The van der Waals surface area contributed by atoms with Gasteiger partial charge in [-0.1, -0.05) is 0 Å². The van der Waals surface area contributed by atoms with Crippen LogP contribution in [0.25, 0.3) is 5.69 Å². The fraction of sp³-hybridized carbons (Fsp3) is 0.346. The molecule has 3 heterocycles. The lowest BCUT2D eigenvalue weighted by Crippen LogP contribution is -2.13. The summed E-state index contributed by atoms with van der Waals surface area (Å²) >= 11 is 3.22. The third-order valence-electron chi connectivity index (χ3n) is 6.52. The topological polar surface area (TPSA) is 101 Å². The van der Waals surface area contributed by atoms with Gasteiger partial charge in [0.2, 0.25) is 5.75 Å². The minimum absolute atomic E-state index is 0.134. The predicted octanol–water partition coefficient (Wildman–Crippen LogP) is 6.66. The normalized spacial score (nSPS) is 14.1. The second-order valence-corrected chi connectivity index (χ2v) is 10.5. The molecule has 1 aromatic carbocycles. The molecule has 0 bridgehead atoms. The Bertz CT molecular complexity index is 1540. The minimum Gasteiger partial charge on any atom is -0.478 e. The van der Waals surface area contributed by atoms with E-state index in [1.165, 1.54) is 54.1 Å². The van der Waals surface area contributed by atoms with Gasteiger partial charge in [-0.25, -0.2) is 17.9 Å². The van der Waals surface area contributed by atoms with Gasteiger partial charge in [0.1, 0.15) is 17.6 Å². The van der Waals surface area contributed by atoms with Crippen LogP contribution in [0.3, 0.4) is 0 Å². The molecule has 0 aliphatic heterocycles. The number of pyridine rings is 1. The maximum Gasteiger partial charge on any atom is 0.406 e. The Kier molecular flexibility index (Phi) is 7.43. The van der Waals surface area contributed by atoms with Crippen LogP contribution >= 0.6 is 15.9 Å². The first-order valence-corrected chi connectivity index (χ1v) is 13.0. The zero-order valence-electron chi connectivity index (χ0n) is 21.0. The summed E-state index contributed by atoms with van der Waals surface area (Å²) in [5, 5.41) is 20.2. The van der Waals surface area contributed by atoms with Crippen molar-refractivity contribution in [3.05, 3.63) is 91.3 Å². The Hall–Kier alpha value is -3.74. The van der Waals surface area contributed by atoms with Crippen LogP contribution in [0.1, 0.15) is 60.5 Å². The Morgan fingerprint density at radius 2 is 2.00 bits per heavy atom. The van der Waals surface area contributed by atoms with Crippen molar-refractivity contribution >= 4 is 21.7 Å². The summed E-state index contributed by atoms with van der Waals surface area (Å²) < 4.78 is 51.5. The molecule has 1 fully saturated rings. The quantitative estimate of drug-likeness (QED) is 0.148. The highest BCUT2D eigenvalue weighted by molar-refractivity contribution is 9.10. The molecule has 9 nitrogen and oxygen atoms in total. The average molecular weight is 605 g/mol. The van der Waals surface area contributed by atoms with E-state index >= 15 is 0 Å². The van der Waals surface area contributed by atoms with E-state index in [0.717, 1.165) is 17.8 Å². The predicted molar refractivity (Wildman–Crippen MR) is 139 cm³/mol. The summed E-state index contributed by atoms with van der Waals surface area (Å²) in [6.07, 6.45) is 2.04. The molecule has 4 aromatic rings. The van der Waals surface area contributed by atoms with Crippen LogP contribution in [-0.4, -0.2) is 29.5 Å². The van der Waals surface area contributed by atoms with Crippen LogP contribution < -0.4 is 4.74 Å². The van der Waals surface area contributed by atoms with Crippen molar-refractivity contribution in [1.82, 2.24) is 24.5 Å². The molecule has 0 saturated heterocycles. The molecule has 1 aliphatic rings. The van der Waals surface area contributed by atoms with E-state index in [1.807, 2.05) is 17.8 Å². The first kappa shape index (κ1) is 26.9. The van der Waals surface area contributed by atoms with E-state index in [2.05, 4.69) is 31.1 Å². The van der Waals surface area contributed by atoms with Gasteiger partial charge in [-0.15, -0.1) is 0 Å². The number of aryl methyl sites for hydroxylation is 1. The lowest BCUT2D eigenvalue weighted by Gasteiger charge is -2.19. The number of aromatic nitrogens is 5. The van der Waals surface area contributed by atoms with Crippen molar-refractivity contribution in [3.8, 4) is 11.4 Å². The molecule has 0 spiro atoms. The van der Waals surface area contributed by atoms with Gasteiger partial charge in [0, 0.05) is 36.5 Å². The largest absolute Gasteiger partial charge is 0.478 e. The molecule has 1 aliphatic carbocycles. The molecule has 13 heteroatoms. The van der Waals surface area contributed by atoms with Gasteiger partial charge < -0.3 is 14.9 Å². The lowest BCUT2D eigenvalue weighted by molar-refractivity contribution is -0.390. The van der Waals surface area contributed by atoms with Crippen LogP contribution in [0.2, 0.25) is 0 Å². The van der Waals surface area contributed by atoms with Crippen LogP contribution in [-0.2, 0) is 13.0 Å². The number of nitrogens with zero attached hydrogens (tertiary/aromatic N) is 6. The molecule has 1 saturated carbocycles. The number of hydrogen-bond acceptors (Lipinski definition) is 6.